The predicted molar refractivity (Wildman–Crippen MR) is 92.6 cm³/mol. The fourth-order valence-corrected chi connectivity index (χ4v) is 2.55. The topological polar surface area (TPSA) is 121 Å². The maximum absolute atomic E-state index is 14.4. The van der Waals surface area contributed by atoms with Gasteiger partial charge in [-0.1, -0.05) is 12.1 Å². The van der Waals surface area contributed by atoms with Crippen LogP contribution in [0.1, 0.15) is 17.4 Å². The number of nitrogens with zero attached hydrogens (tertiary/aromatic N) is 3. The van der Waals surface area contributed by atoms with Gasteiger partial charge in [0.1, 0.15) is 5.82 Å². The normalized spacial score (nSPS) is 11.7. The van der Waals surface area contributed by atoms with Gasteiger partial charge >= 0.3 is 0 Å². The molecule has 0 saturated heterocycles. The van der Waals surface area contributed by atoms with Crippen molar-refractivity contribution < 1.29 is 9.50 Å². The summed E-state index contributed by atoms with van der Waals surface area (Å²) in [6, 6.07) is 13.0. The van der Waals surface area contributed by atoms with Crippen LogP contribution in [-0.2, 0) is 0 Å². The summed E-state index contributed by atoms with van der Waals surface area (Å²) in [6.45, 7) is 0. The van der Waals surface area contributed by atoms with Gasteiger partial charge in [-0.3, -0.25) is 4.98 Å². The average Bonchev–Trinajstić information content (AvgIpc) is 2.60. The molecule has 0 bridgehead atoms. The van der Waals surface area contributed by atoms with Gasteiger partial charge in [0.15, 0.2) is 12.2 Å². The second-order valence-corrected chi connectivity index (χ2v) is 5.37. The Morgan fingerprint density at radius 1 is 1.20 bits per heavy atom. The number of nitrogens with two attached hydrogens (primary N) is 2. The highest BCUT2D eigenvalue weighted by Crippen LogP contribution is 2.31. The van der Waals surface area contributed by atoms with Crippen molar-refractivity contribution in [1.82, 2.24) is 4.98 Å². The van der Waals surface area contributed by atoms with Gasteiger partial charge in [-0.25, -0.2) is 9.38 Å². The van der Waals surface area contributed by atoms with Gasteiger partial charge in [0.2, 0.25) is 0 Å². The van der Waals surface area contributed by atoms with Gasteiger partial charge in [-0.05, 0) is 35.7 Å². The van der Waals surface area contributed by atoms with Crippen LogP contribution in [0.2, 0.25) is 0 Å². The molecule has 0 aliphatic rings. The summed E-state index contributed by atoms with van der Waals surface area (Å²) in [7, 11) is 0. The van der Waals surface area contributed by atoms with E-state index in [-0.39, 0.29) is 17.1 Å². The molecule has 0 aliphatic heterocycles. The smallest absolute Gasteiger partial charge is 0.188 e. The van der Waals surface area contributed by atoms with E-state index in [0.29, 0.717) is 16.6 Å². The fraction of sp³-hybridized carbons (Fsp3) is 0.0556. The lowest BCUT2D eigenvalue weighted by Crippen LogP contribution is -2.23. The van der Waals surface area contributed by atoms with Gasteiger partial charge < -0.3 is 16.6 Å². The summed E-state index contributed by atoms with van der Waals surface area (Å²) in [5, 5.41) is 20.4. The van der Waals surface area contributed by atoms with E-state index in [4.69, 9.17) is 16.7 Å². The Bertz CT molecular complexity index is 1020. The molecule has 6 nitrogen and oxygen atoms in total. The van der Waals surface area contributed by atoms with Crippen LogP contribution >= 0.6 is 0 Å². The summed E-state index contributed by atoms with van der Waals surface area (Å²) in [5.74, 6) is -0.786. The Morgan fingerprint density at radius 2 is 2.00 bits per heavy atom. The van der Waals surface area contributed by atoms with E-state index in [2.05, 4.69) is 9.98 Å². The van der Waals surface area contributed by atoms with Gasteiger partial charge in [-0.15, -0.1) is 0 Å². The van der Waals surface area contributed by atoms with Crippen molar-refractivity contribution in [1.29, 1.82) is 5.26 Å². The molecule has 0 aliphatic carbocycles. The number of hydrogen-bond acceptors (Lipinski definition) is 4. The first-order valence-corrected chi connectivity index (χ1v) is 7.35. The minimum absolute atomic E-state index is 0.227. The van der Waals surface area contributed by atoms with Gasteiger partial charge in [-0.2, -0.15) is 5.26 Å². The lowest BCUT2D eigenvalue weighted by Gasteiger charge is -2.11. The number of benzene rings is 2. The average molecular weight is 335 g/mol. The number of nitriles is 1. The standard InChI is InChI=1S/C18H14FN5O/c19-15-7-10(9-20)1-4-13(15)16-14-8-12(17(25)24-18(21)22)3-2-11(14)5-6-23-16/h1-8,17,25H,(H4,21,22,24). The van der Waals surface area contributed by atoms with Crippen LogP contribution in [0, 0.1) is 17.1 Å². The molecule has 5 N–H and O–H groups in total. The molecule has 0 amide bonds. The first kappa shape index (κ1) is 16.4. The Balaban J connectivity index is 2.19. The summed E-state index contributed by atoms with van der Waals surface area (Å²) in [5.41, 5.74) is 11.9. The Hall–Kier alpha value is -3.50. The third-order valence-corrected chi connectivity index (χ3v) is 3.71. The molecule has 0 saturated carbocycles. The first-order valence-electron chi connectivity index (χ1n) is 7.35. The number of guanidine groups is 1. The number of aliphatic imine (C=N–C) groups is 1. The van der Waals surface area contributed by atoms with Crippen LogP contribution in [-0.4, -0.2) is 16.1 Å². The molecule has 0 radical (unpaired) electrons. The first-order chi connectivity index (χ1) is 12.0. The number of hydrogen-bond donors (Lipinski definition) is 3. The zero-order valence-electron chi connectivity index (χ0n) is 13.0. The summed E-state index contributed by atoms with van der Waals surface area (Å²) >= 11 is 0. The molecule has 1 aromatic heterocycles. The molecule has 3 rings (SSSR count). The van der Waals surface area contributed by atoms with E-state index in [1.807, 2.05) is 6.07 Å². The van der Waals surface area contributed by atoms with Gasteiger partial charge in [0.05, 0.1) is 17.3 Å². The van der Waals surface area contributed by atoms with Crippen molar-refractivity contribution in [2.24, 2.45) is 16.5 Å². The quantitative estimate of drug-likeness (QED) is 0.500. The van der Waals surface area contributed by atoms with Gasteiger partial charge in [0, 0.05) is 22.7 Å². The fourth-order valence-electron chi connectivity index (χ4n) is 2.55. The molecule has 2 aromatic carbocycles. The molecule has 3 aromatic rings. The van der Waals surface area contributed by atoms with Crippen LogP contribution in [0.4, 0.5) is 4.39 Å². The molecular weight excluding hydrogens is 321 g/mol. The number of halogens is 1. The summed E-state index contributed by atoms with van der Waals surface area (Å²) in [6.07, 6.45) is 0.342. The third kappa shape index (κ3) is 3.24. The summed E-state index contributed by atoms with van der Waals surface area (Å²) < 4.78 is 14.4. The van der Waals surface area contributed by atoms with Crippen molar-refractivity contribution in [2.45, 2.75) is 6.23 Å². The van der Waals surface area contributed by atoms with Gasteiger partial charge in [0.25, 0.3) is 0 Å². The van der Waals surface area contributed by atoms with E-state index in [0.717, 1.165) is 11.5 Å². The maximum Gasteiger partial charge on any atom is 0.188 e. The lowest BCUT2D eigenvalue weighted by atomic mass is 10.00. The molecule has 0 fully saturated rings. The van der Waals surface area contributed by atoms with Crippen molar-refractivity contribution in [3.8, 4) is 17.3 Å². The second-order valence-electron chi connectivity index (χ2n) is 5.37. The van der Waals surface area contributed by atoms with Crippen molar-refractivity contribution in [3.63, 3.8) is 0 Å². The largest absolute Gasteiger partial charge is 0.370 e. The van der Waals surface area contributed by atoms with Crippen LogP contribution in [0.3, 0.4) is 0 Å². The number of rotatable bonds is 3. The van der Waals surface area contributed by atoms with Crippen LogP contribution in [0.25, 0.3) is 22.0 Å². The molecular formula is C18H14FN5O. The minimum atomic E-state index is -1.23. The molecule has 25 heavy (non-hydrogen) atoms. The molecule has 1 unspecified atom stereocenters. The number of aromatic nitrogens is 1. The molecule has 124 valence electrons. The monoisotopic (exact) mass is 335 g/mol. The zero-order valence-corrected chi connectivity index (χ0v) is 13.0. The van der Waals surface area contributed by atoms with Crippen molar-refractivity contribution >= 4 is 16.7 Å². The van der Waals surface area contributed by atoms with Crippen LogP contribution < -0.4 is 11.5 Å². The Labute approximate surface area is 142 Å². The SMILES string of the molecule is N#Cc1ccc(-c2nccc3ccc(C(O)N=C(N)N)cc23)c(F)c1. The van der Waals surface area contributed by atoms with Crippen LogP contribution in [0.5, 0.6) is 0 Å². The lowest BCUT2D eigenvalue weighted by molar-refractivity contribution is 0.188. The van der Waals surface area contributed by atoms with E-state index >= 15 is 0 Å². The van der Waals surface area contributed by atoms with E-state index < -0.39 is 12.0 Å². The number of aliphatic hydroxyl groups excluding tert-OH is 1. The highest BCUT2D eigenvalue weighted by molar-refractivity contribution is 5.95. The highest BCUT2D eigenvalue weighted by Gasteiger charge is 2.13. The maximum atomic E-state index is 14.4. The molecule has 7 heteroatoms. The van der Waals surface area contributed by atoms with E-state index in [1.165, 1.54) is 12.1 Å². The third-order valence-electron chi connectivity index (χ3n) is 3.71. The minimum Gasteiger partial charge on any atom is -0.370 e. The predicted octanol–water partition coefficient (Wildman–Crippen LogP) is 2.18. The van der Waals surface area contributed by atoms with Crippen LogP contribution in [0.15, 0.2) is 53.7 Å². The Kier molecular flexibility index (Phi) is 4.29. The number of fused-ring (bicyclic) bond motifs is 1. The Morgan fingerprint density at radius 3 is 2.68 bits per heavy atom. The highest BCUT2D eigenvalue weighted by atomic mass is 19.1. The van der Waals surface area contributed by atoms with E-state index in [1.54, 1.807) is 30.5 Å². The summed E-state index contributed by atoms with van der Waals surface area (Å²) in [4.78, 5) is 7.96. The molecule has 1 atom stereocenters. The molecule has 1 heterocycles. The number of pyridine rings is 1. The zero-order chi connectivity index (χ0) is 18.0. The van der Waals surface area contributed by atoms with Crippen molar-refractivity contribution in [2.75, 3.05) is 0 Å². The van der Waals surface area contributed by atoms with E-state index in [9.17, 15) is 9.50 Å². The second kappa shape index (κ2) is 6.55. The van der Waals surface area contributed by atoms with Crippen molar-refractivity contribution in [3.05, 3.63) is 65.6 Å². The number of aliphatic hydroxyl groups is 1. The molecule has 0 spiro atoms.